The van der Waals surface area contributed by atoms with Gasteiger partial charge in [0.2, 0.25) is 0 Å². The normalized spacial score (nSPS) is 12.4. The van der Waals surface area contributed by atoms with Crippen molar-refractivity contribution < 1.29 is 14.3 Å². The smallest absolute Gasteiger partial charge is 0.303 e. The fourth-order valence-electron chi connectivity index (χ4n) is 1.59. The number of aliphatic carboxylic acids is 1. The topological polar surface area (TPSA) is 49.3 Å². The summed E-state index contributed by atoms with van der Waals surface area (Å²) in [7, 11) is 0. The molecule has 0 saturated carbocycles. The van der Waals surface area contributed by atoms with E-state index in [9.17, 15) is 9.18 Å². The van der Waals surface area contributed by atoms with E-state index in [4.69, 9.17) is 5.11 Å². The van der Waals surface area contributed by atoms with Crippen molar-refractivity contribution in [1.29, 1.82) is 0 Å². The molecule has 1 rings (SSSR count). The number of hydrogen-bond donors (Lipinski definition) is 2. The van der Waals surface area contributed by atoms with Crippen molar-refractivity contribution in [3.05, 3.63) is 35.6 Å². The third-order valence-corrected chi connectivity index (χ3v) is 2.64. The second kappa shape index (κ2) is 7.01. The molecule has 0 aliphatic heterocycles. The van der Waals surface area contributed by atoms with Crippen LogP contribution in [0.2, 0.25) is 0 Å². The second-order valence-corrected chi connectivity index (χ2v) is 4.08. The van der Waals surface area contributed by atoms with E-state index in [0.29, 0.717) is 6.42 Å². The summed E-state index contributed by atoms with van der Waals surface area (Å²) in [6.07, 6.45) is 1.73. The van der Waals surface area contributed by atoms with Crippen LogP contribution in [-0.2, 0) is 4.79 Å². The van der Waals surface area contributed by atoms with Gasteiger partial charge in [-0.2, -0.15) is 0 Å². The molecule has 0 amide bonds. The maximum Gasteiger partial charge on any atom is 0.303 e. The number of rotatable bonds is 7. The Morgan fingerprint density at radius 3 is 2.59 bits per heavy atom. The zero-order valence-corrected chi connectivity index (χ0v) is 9.95. The molecule has 0 spiro atoms. The minimum absolute atomic E-state index is 0.153. The Labute approximate surface area is 101 Å². The number of carboxylic acid groups (broad SMARTS) is 1. The standard InChI is InChI=1S/C13H18FNO2/c1-10(11-5-7-12(14)8-6-11)15-9-3-2-4-13(16)17/h5-8,10,15H,2-4,9H2,1H3,(H,16,17)/t10-/m0/s1. The summed E-state index contributed by atoms with van der Waals surface area (Å²) in [5, 5.41) is 11.7. The molecule has 0 heterocycles. The van der Waals surface area contributed by atoms with Crippen LogP contribution in [-0.4, -0.2) is 17.6 Å². The van der Waals surface area contributed by atoms with Crippen LogP contribution in [0, 0.1) is 5.82 Å². The second-order valence-electron chi connectivity index (χ2n) is 4.08. The summed E-state index contributed by atoms with van der Waals surface area (Å²) in [5.74, 6) is -0.987. The maximum atomic E-state index is 12.7. The Morgan fingerprint density at radius 1 is 1.35 bits per heavy atom. The lowest BCUT2D eigenvalue weighted by Crippen LogP contribution is -2.20. The van der Waals surface area contributed by atoms with Gasteiger partial charge < -0.3 is 10.4 Å². The van der Waals surface area contributed by atoms with Crippen molar-refractivity contribution in [3.8, 4) is 0 Å². The van der Waals surface area contributed by atoms with Gasteiger partial charge in [0.1, 0.15) is 5.82 Å². The first-order valence-corrected chi connectivity index (χ1v) is 5.80. The average Bonchev–Trinajstić information content (AvgIpc) is 2.29. The van der Waals surface area contributed by atoms with E-state index in [1.807, 2.05) is 6.92 Å². The van der Waals surface area contributed by atoms with Gasteiger partial charge in [0.25, 0.3) is 0 Å². The van der Waals surface area contributed by atoms with Crippen LogP contribution in [0.4, 0.5) is 4.39 Å². The summed E-state index contributed by atoms with van der Waals surface area (Å²) in [6.45, 7) is 2.77. The fourth-order valence-corrected chi connectivity index (χ4v) is 1.59. The van der Waals surface area contributed by atoms with Crippen LogP contribution in [0.3, 0.4) is 0 Å². The summed E-state index contributed by atoms with van der Waals surface area (Å²) in [5.41, 5.74) is 1.03. The Hall–Kier alpha value is -1.42. The predicted octanol–water partition coefficient (Wildman–Crippen LogP) is 2.73. The van der Waals surface area contributed by atoms with Crippen molar-refractivity contribution in [2.75, 3.05) is 6.54 Å². The maximum absolute atomic E-state index is 12.7. The van der Waals surface area contributed by atoms with Crippen LogP contribution in [0.15, 0.2) is 24.3 Å². The van der Waals surface area contributed by atoms with E-state index in [1.165, 1.54) is 12.1 Å². The first kappa shape index (κ1) is 13.6. The van der Waals surface area contributed by atoms with Crippen LogP contribution in [0.25, 0.3) is 0 Å². The van der Waals surface area contributed by atoms with E-state index in [-0.39, 0.29) is 18.3 Å². The number of unbranched alkanes of at least 4 members (excludes halogenated alkanes) is 1. The molecule has 17 heavy (non-hydrogen) atoms. The largest absolute Gasteiger partial charge is 0.481 e. The van der Waals surface area contributed by atoms with Gasteiger partial charge in [-0.15, -0.1) is 0 Å². The first-order chi connectivity index (χ1) is 8.09. The van der Waals surface area contributed by atoms with Crippen LogP contribution in [0.1, 0.15) is 37.8 Å². The van der Waals surface area contributed by atoms with Crippen molar-refractivity contribution >= 4 is 5.97 Å². The molecule has 94 valence electrons. The highest BCUT2D eigenvalue weighted by molar-refractivity contribution is 5.66. The monoisotopic (exact) mass is 239 g/mol. The highest BCUT2D eigenvalue weighted by atomic mass is 19.1. The van der Waals surface area contributed by atoms with Crippen molar-refractivity contribution in [2.24, 2.45) is 0 Å². The average molecular weight is 239 g/mol. The molecule has 4 heteroatoms. The molecule has 0 aliphatic rings. The summed E-state index contributed by atoms with van der Waals surface area (Å²) < 4.78 is 12.7. The van der Waals surface area contributed by atoms with Gasteiger partial charge >= 0.3 is 5.97 Å². The molecule has 3 nitrogen and oxygen atoms in total. The summed E-state index contributed by atoms with van der Waals surface area (Å²) >= 11 is 0. The van der Waals surface area contributed by atoms with Crippen molar-refractivity contribution in [3.63, 3.8) is 0 Å². The zero-order chi connectivity index (χ0) is 12.7. The quantitative estimate of drug-likeness (QED) is 0.719. The van der Waals surface area contributed by atoms with E-state index in [1.54, 1.807) is 12.1 Å². The Balaban J connectivity index is 2.23. The number of nitrogens with one attached hydrogen (secondary N) is 1. The van der Waals surface area contributed by atoms with Crippen LogP contribution >= 0.6 is 0 Å². The molecule has 1 aromatic rings. The molecular formula is C13H18FNO2. The van der Waals surface area contributed by atoms with Gasteiger partial charge in [-0.05, 0) is 44.0 Å². The third-order valence-electron chi connectivity index (χ3n) is 2.64. The third kappa shape index (κ3) is 5.45. The first-order valence-electron chi connectivity index (χ1n) is 5.80. The zero-order valence-electron chi connectivity index (χ0n) is 9.95. The lowest BCUT2D eigenvalue weighted by molar-refractivity contribution is -0.137. The molecule has 0 aliphatic carbocycles. The van der Waals surface area contributed by atoms with E-state index < -0.39 is 5.97 Å². The summed E-state index contributed by atoms with van der Waals surface area (Å²) in [6, 6.07) is 6.55. The number of carbonyl (C=O) groups is 1. The highest BCUT2D eigenvalue weighted by Gasteiger charge is 2.04. The van der Waals surface area contributed by atoms with E-state index in [0.717, 1.165) is 18.5 Å². The molecule has 0 unspecified atom stereocenters. The molecule has 1 aromatic carbocycles. The van der Waals surface area contributed by atoms with Gasteiger partial charge in [-0.3, -0.25) is 4.79 Å². The molecular weight excluding hydrogens is 221 g/mol. The van der Waals surface area contributed by atoms with Crippen LogP contribution < -0.4 is 5.32 Å². The summed E-state index contributed by atoms with van der Waals surface area (Å²) in [4.78, 5) is 10.3. The van der Waals surface area contributed by atoms with Gasteiger partial charge in [0, 0.05) is 12.5 Å². The molecule has 0 bridgehead atoms. The lowest BCUT2D eigenvalue weighted by atomic mass is 10.1. The molecule has 0 radical (unpaired) electrons. The minimum atomic E-state index is -0.753. The van der Waals surface area contributed by atoms with Gasteiger partial charge in [-0.1, -0.05) is 12.1 Å². The number of carboxylic acids is 1. The Morgan fingerprint density at radius 2 is 2.00 bits per heavy atom. The van der Waals surface area contributed by atoms with Crippen molar-refractivity contribution in [2.45, 2.75) is 32.2 Å². The van der Waals surface area contributed by atoms with Gasteiger partial charge in [0.05, 0.1) is 0 Å². The predicted molar refractivity (Wildman–Crippen MR) is 64.3 cm³/mol. The molecule has 0 aromatic heterocycles. The van der Waals surface area contributed by atoms with E-state index >= 15 is 0 Å². The Bertz CT molecular complexity index is 351. The lowest BCUT2D eigenvalue weighted by Gasteiger charge is -2.13. The van der Waals surface area contributed by atoms with Crippen LogP contribution in [0.5, 0.6) is 0 Å². The number of benzene rings is 1. The number of hydrogen-bond acceptors (Lipinski definition) is 2. The molecule has 2 N–H and O–H groups in total. The minimum Gasteiger partial charge on any atom is -0.481 e. The molecule has 1 atom stereocenters. The molecule has 0 saturated heterocycles. The van der Waals surface area contributed by atoms with Gasteiger partial charge in [-0.25, -0.2) is 4.39 Å². The number of halogens is 1. The van der Waals surface area contributed by atoms with Crippen molar-refractivity contribution in [1.82, 2.24) is 5.32 Å². The Kier molecular flexibility index (Phi) is 5.63. The van der Waals surface area contributed by atoms with Gasteiger partial charge in [0.15, 0.2) is 0 Å². The highest BCUT2D eigenvalue weighted by Crippen LogP contribution is 2.12. The molecule has 0 fully saturated rings. The van der Waals surface area contributed by atoms with E-state index in [2.05, 4.69) is 5.32 Å². The fraction of sp³-hybridized carbons (Fsp3) is 0.462. The SMILES string of the molecule is C[C@H](NCCCCC(=O)O)c1ccc(F)cc1.